The monoisotopic (exact) mass is 307 g/mol. The Morgan fingerprint density at radius 2 is 1.96 bits per heavy atom. The number of amides is 1. The van der Waals surface area contributed by atoms with Crippen LogP contribution in [-0.4, -0.2) is 46.4 Å². The van der Waals surface area contributed by atoms with Crippen LogP contribution in [-0.2, 0) is 13.0 Å². The van der Waals surface area contributed by atoms with Crippen LogP contribution in [0.3, 0.4) is 0 Å². The van der Waals surface area contributed by atoms with Gasteiger partial charge in [-0.3, -0.25) is 14.7 Å². The average molecular weight is 307 g/mol. The van der Waals surface area contributed by atoms with Crippen LogP contribution in [0, 0.1) is 0 Å². The van der Waals surface area contributed by atoms with E-state index in [0.717, 1.165) is 39.0 Å². The highest BCUT2D eigenvalue weighted by molar-refractivity contribution is 5.94. The summed E-state index contributed by atoms with van der Waals surface area (Å²) in [6, 6.07) is 12.9. The zero-order valence-corrected chi connectivity index (χ0v) is 13.2. The molecular formula is C19H21N3O. The van der Waals surface area contributed by atoms with Crippen LogP contribution in [0.1, 0.15) is 27.9 Å². The molecule has 0 saturated carbocycles. The predicted octanol–water partition coefficient (Wildman–Crippen LogP) is 2.35. The van der Waals surface area contributed by atoms with Gasteiger partial charge in [-0.2, -0.15) is 0 Å². The van der Waals surface area contributed by atoms with Gasteiger partial charge in [-0.1, -0.05) is 24.3 Å². The molecule has 0 bridgehead atoms. The molecule has 0 N–H and O–H groups in total. The fourth-order valence-corrected chi connectivity index (χ4v) is 3.73. The van der Waals surface area contributed by atoms with Gasteiger partial charge in [0.15, 0.2) is 0 Å². The lowest BCUT2D eigenvalue weighted by Gasteiger charge is -2.33. The SMILES string of the molecule is O=C(c1cccnc1)N1CC[C@@H](N2CCc3ccccc3C2)C1. The number of likely N-dealkylation sites (tertiary alicyclic amines) is 1. The van der Waals surface area contributed by atoms with Gasteiger partial charge in [0.25, 0.3) is 5.91 Å². The van der Waals surface area contributed by atoms with Gasteiger partial charge in [0.2, 0.25) is 0 Å². The Morgan fingerprint density at radius 3 is 2.78 bits per heavy atom. The van der Waals surface area contributed by atoms with Gasteiger partial charge < -0.3 is 4.90 Å². The van der Waals surface area contributed by atoms with Crippen molar-refractivity contribution in [2.75, 3.05) is 19.6 Å². The Morgan fingerprint density at radius 1 is 1.09 bits per heavy atom. The smallest absolute Gasteiger partial charge is 0.255 e. The summed E-state index contributed by atoms with van der Waals surface area (Å²) in [5, 5.41) is 0. The predicted molar refractivity (Wildman–Crippen MR) is 89.1 cm³/mol. The first kappa shape index (κ1) is 14.4. The lowest BCUT2D eigenvalue weighted by molar-refractivity contribution is 0.0773. The molecule has 23 heavy (non-hydrogen) atoms. The summed E-state index contributed by atoms with van der Waals surface area (Å²) < 4.78 is 0. The quantitative estimate of drug-likeness (QED) is 0.854. The Kier molecular flexibility index (Phi) is 3.83. The first-order valence-corrected chi connectivity index (χ1v) is 8.31. The second-order valence-electron chi connectivity index (χ2n) is 6.42. The molecular weight excluding hydrogens is 286 g/mol. The minimum absolute atomic E-state index is 0.109. The Balaban J connectivity index is 1.42. The van der Waals surface area contributed by atoms with Crippen LogP contribution in [0.4, 0.5) is 0 Å². The van der Waals surface area contributed by atoms with E-state index in [1.165, 1.54) is 11.1 Å². The number of nitrogens with zero attached hydrogens (tertiary/aromatic N) is 3. The number of fused-ring (bicyclic) bond motifs is 1. The highest BCUT2D eigenvalue weighted by atomic mass is 16.2. The summed E-state index contributed by atoms with van der Waals surface area (Å²) in [6.07, 6.45) is 5.54. The standard InChI is InChI=1S/C19H21N3O/c23-19(16-6-3-9-20-12-16)22-11-8-18(14-22)21-10-7-15-4-1-2-5-17(15)13-21/h1-6,9,12,18H,7-8,10-11,13-14H2/t18-/m1/s1. The van der Waals surface area contributed by atoms with E-state index in [-0.39, 0.29) is 5.91 Å². The van der Waals surface area contributed by atoms with E-state index >= 15 is 0 Å². The van der Waals surface area contributed by atoms with Crippen molar-refractivity contribution in [3.05, 3.63) is 65.5 Å². The van der Waals surface area contributed by atoms with Crippen LogP contribution in [0.2, 0.25) is 0 Å². The van der Waals surface area contributed by atoms with Crippen molar-refractivity contribution in [3.63, 3.8) is 0 Å². The van der Waals surface area contributed by atoms with E-state index in [2.05, 4.69) is 34.1 Å². The van der Waals surface area contributed by atoms with Crippen molar-refractivity contribution in [2.24, 2.45) is 0 Å². The average Bonchev–Trinajstić information content (AvgIpc) is 3.11. The molecule has 2 aliphatic rings. The second-order valence-corrected chi connectivity index (χ2v) is 6.42. The highest BCUT2D eigenvalue weighted by Gasteiger charge is 2.32. The molecule has 0 spiro atoms. The molecule has 1 atom stereocenters. The molecule has 2 aromatic rings. The molecule has 4 rings (SSSR count). The highest BCUT2D eigenvalue weighted by Crippen LogP contribution is 2.25. The fraction of sp³-hybridized carbons (Fsp3) is 0.368. The third kappa shape index (κ3) is 2.86. The minimum atomic E-state index is 0.109. The van der Waals surface area contributed by atoms with Crippen molar-refractivity contribution in [1.29, 1.82) is 0 Å². The number of aromatic nitrogens is 1. The topological polar surface area (TPSA) is 36.4 Å². The number of hydrogen-bond donors (Lipinski definition) is 0. The largest absolute Gasteiger partial charge is 0.337 e. The third-order valence-electron chi connectivity index (χ3n) is 5.04. The summed E-state index contributed by atoms with van der Waals surface area (Å²) in [6.45, 7) is 3.78. The number of hydrogen-bond acceptors (Lipinski definition) is 3. The van der Waals surface area contributed by atoms with Crippen LogP contribution in [0.5, 0.6) is 0 Å². The fourth-order valence-electron chi connectivity index (χ4n) is 3.73. The van der Waals surface area contributed by atoms with Crippen LogP contribution in [0.15, 0.2) is 48.8 Å². The molecule has 1 aromatic carbocycles. The molecule has 1 aromatic heterocycles. The molecule has 0 aliphatic carbocycles. The number of benzene rings is 1. The molecule has 4 nitrogen and oxygen atoms in total. The normalized spacial score (nSPS) is 21.2. The van der Waals surface area contributed by atoms with E-state index in [1.807, 2.05) is 17.0 Å². The maximum Gasteiger partial charge on any atom is 0.255 e. The summed E-state index contributed by atoms with van der Waals surface area (Å²) in [7, 11) is 0. The van der Waals surface area contributed by atoms with E-state index < -0.39 is 0 Å². The molecule has 4 heteroatoms. The van der Waals surface area contributed by atoms with E-state index in [0.29, 0.717) is 11.6 Å². The summed E-state index contributed by atoms with van der Waals surface area (Å²) in [5.41, 5.74) is 3.61. The van der Waals surface area contributed by atoms with Gasteiger partial charge in [0, 0.05) is 44.6 Å². The van der Waals surface area contributed by atoms with E-state index in [4.69, 9.17) is 0 Å². The first-order valence-electron chi connectivity index (χ1n) is 8.31. The Hall–Kier alpha value is -2.20. The van der Waals surface area contributed by atoms with E-state index in [1.54, 1.807) is 12.4 Å². The van der Waals surface area contributed by atoms with Gasteiger partial charge >= 0.3 is 0 Å². The van der Waals surface area contributed by atoms with Gasteiger partial charge in [0.05, 0.1) is 5.56 Å². The summed E-state index contributed by atoms with van der Waals surface area (Å²) in [5.74, 6) is 0.109. The van der Waals surface area contributed by atoms with Crippen LogP contribution < -0.4 is 0 Å². The maximum absolute atomic E-state index is 12.5. The first-order chi connectivity index (χ1) is 11.3. The third-order valence-corrected chi connectivity index (χ3v) is 5.04. The molecule has 0 radical (unpaired) electrons. The molecule has 118 valence electrons. The Labute approximate surface area is 136 Å². The molecule has 2 aliphatic heterocycles. The van der Waals surface area contributed by atoms with Crippen molar-refractivity contribution in [2.45, 2.75) is 25.4 Å². The van der Waals surface area contributed by atoms with Gasteiger partial charge in [-0.25, -0.2) is 0 Å². The lowest BCUT2D eigenvalue weighted by atomic mass is 9.98. The minimum Gasteiger partial charge on any atom is -0.337 e. The van der Waals surface area contributed by atoms with Gasteiger partial charge in [-0.05, 0) is 36.1 Å². The van der Waals surface area contributed by atoms with Crippen molar-refractivity contribution in [3.8, 4) is 0 Å². The number of rotatable bonds is 2. The molecule has 3 heterocycles. The van der Waals surface area contributed by atoms with Crippen LogP contribution in [0.25, 0.3) is 0 Å². The number of carbonyl (C=O) groups excluding carboxylic acids is 1. The van der Waals surface area contributed by atoms with Gasteiger partial charge in [-0.15, -0.1) is 0 Å². The molecule has 1 saturated heterocycles. The zero-order valence-electron chi connectivity index (χ0n) is 13.2. The van der Waals surface area contributed by atoms with Crippen LogP contribution >= 0.6 is 0 Å². The molecule has 0 unspecified atom stereocenters. The number of pyridine rings is 1. The molecule has 1 amide bonds. The van der Waals surface area contributed by atoms with Crippen molar-refractivity contribution < 1.29 is 4.79 Å². The second kappa shape index (κ2) is 6.13. The van der Waals surface area contributed by atoms with Crippen molar-refractivity contribution in [1.82, 2.24) is 14.8 Å². The zero-order chi connectivity index (χ0) is 15.6. The van der Waals surface area contributed by atoms with E-state index in [9.17, 15) is 4.79 Å². The summed E-state index contributed by atoms with van der Waals surface area (Å²) in [4.78, 5) is 21.1. The van der Waals surface area contributed by atoms with Crippen molar-refractivity contribution >= 4 is 5.91 Å². The molecule has 1 fully saturated rings. The summed E-state index contributed by atoms with van der Waals surface area (Å²) >= 11 is 0. The Bertz CT molecular complexity index is 701. The number of carbonyl (C=O) groups is 1. The van der Waals surface area contributed by atoms with Gasteiger partial charge in [0.1, 0.15) is 0 Å². The lowest BCUT2D eigenvalue weighted by Crippen LogP contribution is -2.41. The maximum atomic E-state index is 12.5.